The van der Waals surface area contributed by atoms with Crippen LogP contribution in [0.4, 0.5) is 5.00 Å². The maximum absolute atomic E-state index is 12.4. The average molecular weight is 345 g/mol. The van der Waals surface area contributed by atoms with Gasteiger partial charge >= 0.3 is 5.97 Å². The molecule has 4 nitrogen and oxygen atoms in total. The summed E-state index contributed by atoms with van der Waals surface area (Å²) in [5.41, 5.74) is 3.29. The summed E-state index contributed by atoms with van der Waals surface area (Å²) in [4.78, 5) is 24.7. The number of anilines is 1. The summed E-state index contributed by atoms with van der Waals surface area (Å²) in [6, 6.07) is 7.93. The van der Waals surface area contributed by atoms with Gasteiger partial charge in [0.1, 0.15) is 10.6 Å². The Hall–Kier alpha value is -2.14. The molecule has 1 aromatic heterocycles. The van der Waals surface area contributed by atoms with Crippen LogP contribution in [0.1, 0.15) is 42.6 Å². The van der Waals surface area contributed by atoms with E-state index in [-0.39, 0.29) is 11.8 Å². The standard InChI is InChI=1S/C19H23NO3S/c1-5-13(6-2)17(21)20-18-16(19(22)23-4)15(11-24-18)14-9-7-12(3)8-10-14/h7-11,13H,5-6H2,1-4H3,(H,20,21). The van der Waals surface area contributed by atoms with E-state index >= 15 is 0 Å². The lowest BCUT2D eigenvalue weighted by Gasteiger charge is -2.13. The summed E-state index contributed by atoms with van der Waals surface area (Å²) in [6.45, 7) is 5.99. The van der Waals surface area contributed by atoms with Gasteiger partial charge in [0.15, 0.2) is 0 Å². The van der Waals surface area contributed by atoms with E-state index in [0.717, 1.165) is 29.5 Å². The molecular formula is C19H23NO3S. The van der Waals surface area contributed by atoms with E-state index in [2.05, 4.69) is 5.32 Å². The summed E-state index contributed by atoms with van der Waals surface area (Å²) in [6.07, 6.45) is 1.54. The Morgan fingerprint density at radius 3 is 2.33 bits per heavy atom. The van der Waals surface area contributed by atoms with Gasteiger partial charge in [-0.15, -0.1) is 11.3 Å². The minimum absolute atomic E-state index is 0.0533. The van der Waals surface area contributed by atoms with E-state index in [1.807, 2.05) is 50.4 Å². The number of rotatable bonds is 6. The molecule has 0 fully saturated rings. The molecule has 128 valence electrons. The molecule has 2 aromatic rings. The number of hydrogen-bond donors (Lipinski definition) is 1. The summed E-state index contributed by atoms with van der Waals surface area (Å²) in [7, 11) is 1.35. The van der Waals surface area contributed by atoms with Gasteiger partial charge in [0.25, 0.3) is 0 Å². The van der Waals surface area contributed by atoms with Crippen molar-refractivity contribution in [3.8, 4) is 11.1 Å². The number of amides is 1. The Labute approximate surface area is 146 Å². The van der Waals surface area contributed by atoms with Crippen molar-refractivity contribution in [3.05, 3.63) is 40.8 Å². The Morgan fingerprint density at radius 1 is 1.17 bits per heavy atom. The second kappa shape index (κ2) is 8.11. The number of ether oxygens (including phenoxy) is 1. The van der Waals surface area contributed by atoms with Crippen LogP contribution in [-0.2, 0) is 9.53 Å². The number of methoxy groups -OCH3 is 1. The largest absolute Gasteiger partial charge is 0.465 e. The van der Waals surface area contributed by atoms with Crippen LogP contribution < -0.4 is 5.32 Å². The maximum atomic E-state index is 12.4. The van der Waals surface area contributed by atoms with Crippen LogP contribution in [0.15, 0.2) is 29.6 Å². The molecule has 0 radical (unpaired) electrons. The highest BCUT2D eigenvalue weighted by molar-refractivity contribution is 7.15. The minimum Gasteiger partial charge on any atom is -0.465 e. The molecule has 2 rings (SSSR count). The summed E-state index contributed by atoms with van der Waals surface area (Å²) >= 11 is 1.35. The fourth-order valence-electron chi connectivity index (χ4n) is 2.57. The van der Waals surface area contributed by atoms with Crippen LogP contribution >= 0.6 is 11.3 Å². The summed E-state index contributed by atoms with van der Waals surface area (Å²) in [5, 5.41) is 5.35. The van der Waals surface area contributed by atoms with Gasteiger partial charge in [0.2, 0.25) is 5.91 Å². The molecule has 1 N–H and O–H groups in total. The fraction of sp³-hybridized carbons (Fsp3) is 0.368. The monoisotopic (exact) mass is 345 g/mol. The molecule has 0 atom stereocenters. The number of carbonyl (C=O) groups is 2. The predicted octanol–water partition coefficient (Wildman–Crippen LogP) is 4.88. The quantitative estimate of drug-likeness (QED) is 0.759. The number of hydrogen-bond acceptors (Lipinski definition) is 4. The first-order valence-electron chi connectivity index (χ1n) is 8.09. The van der Waals surface area contributed by atoms with E-state index in [4.69, 9.17) is 4.74 Å². The van der Waals surface area contributed by atoms with Crippen molar-refractivity contribution in [2.45, 2.75) is 33.6 Å². The number of thiophene rings is 1. The van der Waals surface area contributed by atoms with Crippen molar-refractivity contribution < 1.29 is 14.3 Å². The van der Waals surface area contributed by atoms with Crippen molar-refractivity contribution in [2.24, 2.45) is 5.92 Å². The van der Waals surface area contributed by atoms with Crippen LogP contribution in [-0.4, -0.2) is 19.0 Å². The van der Waals surface area contributed by atoms with Crippen molar-refractivity contribution in [1.29, 1.82) is 0 Å². The lowest BCUT2D eigenvalue weighted by molar-refractivity contribution is -0.120. The Balaban J connectivity index is 2.41. The molecule has 0 spiro atoms. The molecule has 0 saturated carbocycles. The lowest BCUT2D eigenvalue weighted by atomic mass is 10.0. The number of nitrogens with one attached hydrogen (secondary N) is 1. The highest BCUT2D eigenvalue weighted by Crippen LogP contribution is 2.36. The van der Waals surface area contributed by atoms with Crippen molar-refractivity contribution in [2.75, 3.05) is 12.4 Å². The SMILES string of the molecule is CCC(CC)C(=O)Nc1scc(-c2ccc(C)cc2)c1C(=O)OC. The minimum atomic E-state index is -0.438. The zero-order chi connectivity index (χ0) is 17.7. The third-order valence-corrected chi connectivity index (χ3v) is 5.03. The van der Waals surface area contributed by atoms with E-state index in [1.165, 1.54) is 18.4 Å². The highest BCUT2D eigenvalue weighted by Gasteiger charge is 2.24. The van der Waals surface area contributed by atoms with Gasteiger partial charge in [-0.1, -0.05) is 43.7 Å². The second-order valence-corrected chi connectivity index (χ2v) is 6.59. The van der Waals surface area contributed by atoms with Gasteiger partial charge in [-0.3, -0.25) is 4.79 Å². The Kier molecular flexibility index (Phi) is 6.15. The first-order valence-corrected chi connectivity index (χ1v) is 8.97. The van der Waals surface area contributed by atoms with Gasteiger partial charge in [0.05, 0.1) is 7.11 Å². The van der Waals surface area contributed by atoms with Crippen LogP contribution in [0.2, 0.25) is 0 Å². The predicted molar refractivity (Wildman–Crippen MR) is 98.5 cm³/mol. The van der Waals surface area contributed by atoms with Crippen molar-refractivity contribution >= 4 is 28.2 Å². The zero-order valence-corrected chi connectivity index (χ0v) is 15.3. The summed E-state index contributed by atoms with van der Waals surface area (Å²) in [5.74, 6) is -0.547. The van der Waals surface area contributed by atoms with Crippen LogP contribution in [0.25, 0.3) is 11.1 Å². The summed E-state index contributed by atoms with van der Waals surface area (Å²) < 4.78 is 4.93. The number of carbonyl (C=O) groups excluding carboxylic acids is 2. The third-order valence-electron chi connectivity index (χ3n) is 4.14. The number of esters is 1. The molecule has 0 unspecified atom stereocenters. The fourth-order valence-corrected chi connectivity index (χ4v) is 3.53. The normalized spacial score (nSPS) is 10.7. The molecule has 0 saturated heterocycles. The molecule has 0 bridgehead atoms. The van der Waals surface area contributed by atoms with E-state index < -0.39 is 5.97 Å². The second-order valence-electron chi connectivity index (χ2n) is 5.71. The molecular weight excluding hydrogens is 322 g/mol. The Bertz CT molecular complexity index is 715. The van der Waals surface area contributed by atoms with E-state index in [0.29, 0.717) is 10.6 Å². The van der Waals surface area contributed by atoms with Gasteiger partial charge in [-0.2, -0.15) is 0 Å². The topological polar surface area (TPSA) is 55.4 Å². The Morgan fingerprint density at radius 2 is 1.79 bits per heavy atom. The third kappa shape index (κ3) is 3.85. The number of benzene rings is 1. The van der Waals surface area contributed by atoms with Gasteiger partial charge in [-0.05, 0) is 25.3 Å². The first-order chi connectivity index (χ1) is 11.5. The van der Waals surface area contributed by atoms with Crippen LogP contribution in [0.5, 0.6) is 0 Å². The smallest absolute Gasteiger partial charge is 0.341 e. The molecule has 0 aliphatic rings. The highest BCUT2D eigenvalue weighted by atomic mass is 32.1. The molecule has 0 aliphatic carbocycles. The van der Waals surface area contributed by atoms with E-state index in [9.17, 15) is 9.59 Å². The maximum Gasteiger partial charge on any atom is 0.341 e. The molecule has 5 heteroatoms. The van der Waals surface area contributed by atoms with Gasteiger partial charge < -0.3 is 10.1 Å². The average Bonchev–Trinajstić information content (AvgIpc) is 2.99. The molecule has 1 amide bonds. The van der Waals surface area contributed by atoms with Crippen LogP contribution in [0.3, 0.4) is 0 Å². The molecule has 1 heterocycles. The first kappa shape index (κ1) is 18.2. The van der Waals surface area contributed by atoms with Gasteiger partial charge in [0, 0.05) is 16.9 Å². The van der Waals surface area contributed by atoms with Crippen LogP contribution in [0, 0.1) is 12.8 Å². The molecule has 0 aliphatic heterocycles. The molecule has 1 aromatic carbocycles. The van der Waals surface area contributed by atoms with Gasteiger partial charge in [-0.25, -0.2) is 4.79 Å². The van der Waals surface area contributed by atoms with Crippen molar-refractivity contribution in [3.63, 3.8) is 0 Å². The van der Waals surface area contributed by atoms with E-state index in [1.54, 1.807) is 0 Å². The van der Waals surface area contributed by atoms with Crippen molar-refractivity contribution in [1.82, 2.24) is 0 Å². The molecule has 24 heavy (non-hydrogen) atoms. The number of aryl methyl sites for hydroxylation is 1. The zero-order valence-electron chi connectivity index (χ0n) is 14.5. The lowest BCUT2D eigenvalue weighted by Crippen LogP contribution is -2.22.